The summed E-state index contributed by atoms with van der Waals surface area (Å²) in [5.41, 5.74) is 1.10. The third-order valence-corrected chi connectivity index (χ3v) is 5.15. The van der Waals surface area contributed by atoms with Gasteiger partial charge in [0.25, 0.3) is 0 Å². The normalized spacial score (nSPS) is 28.2. The van der Waals surface area contributed by atoms with Gasteiger partial charge in [0, 0.05) is 17.1 Å². The van der Waals surface area contributed by atoms with Crippen LogP contribution in [0.3, 0.4) is 0 Å². The summed E-state index contributed by atoms with van der Waals surface area (Å²) in [6.45, 7) is 3.27. The van der Waals surface area contributed by atoms with Crippen LogP contribution in [0.2, 0.25) is 0 Å². The Kier molecular flexibility index (Phi) is 3.12. The van der Waals surface area contributed by atoms with Crippen molar-refractivity contribution >= 4 is 21.7 Å². The second-order valence-electron chi connectivity index (χ2n) is 5.33. The fraction of sp³-hybridized carbons (Fsp3) is 0.643. The van der Waals surface area contributed by atoms with Crippen LogP contribution >= 0.6 is 15.9 Å². The molecule has 1 aromatic rings. The first-order valence-electron chi connectivity index (χ1n) is 6.65. The van der Waals surface area contributed by atoms with Crippen molar-refractivity contribution in [2.24, 2.45) is 5.92 Å². The van der Waals surface area contributed by atoms with Crippen LogP contribution in [0.25, 0.3) is 0 Å². The zero-order valence-corrected chi connectivity index (χ0v) is 11.9. The summed E-state index contributed by atoms with van der Waals surface area (Å²) >= 11 is 3.53. The average molecular weight is 295 g/mol. The van der Waals surface area contributed by atoms with Crippen molar-refractivity contribution in [3.8, 4) is 0 Å². The van der Waals surface area contributed by atoms with Crippen LogP contribution in [0, 0.1) is 12.8 Å². The predicted octanol–water partition coefficient (Wildman–Crippen LogP) is 3.92. The first-order chi connectivity index (χ1) is 8.25. The monoisotopic (exact) mass is 294 g/mol. The smallest absolute Gasteiger partial charge is 0.129 e. The van der Waals surface area contributed by atoms with Gasteiger partial charge in [-0.25, -0.2) is 4.98 Å². The van der Waals surface area contributed by atoms with Gasteiger partial charge in [0.15, 0.2) is 0 Å². The van der Waals surface area contributed by atoms with Gasteiger partial charge in [-0.05, 0) is 60.2 Å². The van der Waals surface area contributed by atoms with Gasteiger partial charge in [-0.3, -0.25) is 0 Å². The minimum absolute atomic E-state index is 0.761. The highest BCUT2D eigenvalue weighted by molar-refractivity contribution is 9.10. The summed E-state index contributed by atoms with van der Waals surface area (Å²) in [7, 11) is 0. The van der Waals surface area contributed by atoms with Gasteiger partial charge < -0.3 is 4.90 Å². The van der Waals surface area contributed by atoms with Crippen molar-refractivity contribution in [3.05, 3.63) is 22.3 Å². The zero-order valence-electron chi connectivity index (χ0n) is 10.3. The maximum absolute atomic E-state index is 4.72. The van der Waals surface area contributed by atoms with Crippen molar-refractivity contribution in [2.75, 3.05) is 11.4 Å². The number of fused-ring (bicyclic) bond motifs is 1. The van der Waals surface area contributed by atoms with Crippen LogP contribution in [-0.2, 0) is 0 Å². The number of pyridine rings is 1. The van der Waals surface area contributed by atoms with Crippen molar-refractivity contribution in [1.82, 2.24) is 4.98 Å². The van der Waals surface area contributed by atoms with Crippen LogP contribution in [0.5, 0.6) is 0 Å². The first-order valence-corrected chi connectivity index (χ1v) is 7.45. The van der Waals surface area contributed by atoms with Crippen molar-refractivity contribution in [1.29, 1.82) is 0 Å². The molecule has 0 N–H and O–H groups in total. The number of hydrogen-bond donors (Lipinski definition) is 0. The van der Waals surface area contributed by atoms with E-state index in [4.69, 9.17) is 4.98 Å². The van der Waals surface area contributed by atoms with Crippen LogP contribution in [-0.4, -0.2) is 17.6 Å². The molecule has 2 nitrogen and oxygen atoms in total. The van der Waals surface area contributed by atoms with E-state index in [0.29, 0.717) is 0 Å². The quantitative estimate of drug-likeness (QED) is 0.780. The number of halogens is 1. The summed E-state index contributed by atoms with van der Waals surface area (Å²) in [5.74, 6) is 2.11. The van der Waals surface area contributed by atoms with Gasteiger partial charge in [-0.2, -0.15) is 0 Å². The molecule has 1 saturated heterocycles. The highest BCUT2D eigenvalue weighted by atomic mass is 79.9. The average Bonchev–Trinajstić information content (AvgIpc) is 2.76. The van der Waals surface area contributed by atoms with Crippen molar-refractivity contribution in [2.45, 2.75) is 45.1 Å². The number of anilines is 1. The second-order valence-corrected chi connectivity index (χ2v) is 6.18. The summed E-state index contributed by atoms with van der Waals surface area (Å²) in [6, 6.07) is 5.05. The molecule has 1 aliphatic heterocycles. The maximum Gasteiger partial charge on any atom is 0.129 e. The van der Waals surface area contributed by atoms with E-state index in [1.807, 2.05) is 0 Å². The molecule has 0 amide bonds. The lowest BCUT2D eigenvalue weighted by atomic mass is 9.85. The van der Waals surface area contributed by atoms with Crippen LogP contribution < -0.4 is 4.90 Å². The third kappa shape index (κ3) is 2.10. The molecule has 92 valence electrons. The minimum Gasteiger partial charge on any atom is -0.353 e. The molecule has 17 heavy (non-hydrogen) atoms. The largest absolute Gasteiger partial charge is 0.353 e. The Morgan fingerprint density at radius 1 is 1.24 bits per heavy atom. The molecule has 0 radical (unpaired) electrons. The van der Waals surface area contributed by atoms with E-state index in [1.54, 1.807) is 0 Å². The lowest BCUT2D eigenvalue weighted by Gasteiger charge is -2.32. The van der Waals surface area contributed by atoms with Crippen LogP contribution in [0.4, 0.5) is 5.82 Å². The molecular formula is C14H19BrN2. The molecule has 0 spiro atoms. The fourth-order valence-corrected chi connectivity index (χ4v) is 3.60. The fourth-order valence-electron chi connectivity index (χ4n) is 3.38. The second kappa shape index (κ2) is 4.60. The lowest BCUT2D eigenvalue weighted by Crippen LogP contribution is -2.35. The van der Waals surface area contributed by atoms with Crippen molar-refractivity contribution in [3.63, 3.8) is 0 Å². The van der Waals surface area contributed by atoms with Gasteiger partial charge in [-0.1, -0.05) is 12.8 Å². The third-order valence-electron chi connectivity index (χ3n) is 4.31. The standard InChI is InChI=1S/C14H19BrN2/c1-10-12(15)6-7-14(16-10)17-9-8-11-4-2-3-5-13(11)17/h6-7,11,13H,2-5,8-9H2,1H3. The maximum atomic E-state index is 4.72. The minimum atomic E-state index is 0.761. The molecule has 1 aliphatic carbocycles. The first kappa shape index (κ1) is 11.5. The molecule has 1 saturated carbocycles. The molecule has 2 atom stereocenters. The Morgan fingerprint density at radius 3 is 2.88 bits per heavy atom. The van der Waals surface area contributed by atoms with E-state index in [1.165, 1.54) is 44.5 Å². The number of hydrogen-bond acceptors (Lipinski definition) is 2. The summed E-state index contributed by atoms with van der Waals surface area (Å²) in [5, 5.41) is 0. The number of aromatic nitrogens is 1. The van der Waals surface area contributed by atoms with Crippen LogP contribution in [0.15, 0.2) is 16.6 Å². The molecule has 2 fully saturated rings. The lowest BCUT2D eigenvalue weighted by molar-refractivity contribution is 0.341. The number of aryl methyl sites for hydroxylation is 1. The number of rotatable bonds is 1. The van der Waals surface area contributed by atoms with E-state index in [9.17, 15) is 0 Å². The molecule has 3 rings (SSSR count). The highest BCUT2D eigenvalue weighted by Gasteiger charge is 2.36. The predicted molar refractivity (Wildman–Crippen MR) is 74.4 cm³/mol. The zero-order chi connectivity index (χ0) is 11.8. The Hall–Kier alpha value is -0.570. The van der Waals surface area contributed by atoms with Gasteiger partial charge in [0.05, 0.1) is 5.69 Å². The van der Waals surface area contributed by atoms with Gasteiger partial charge in [0.1, 0.15) is 5.82 Å². The molecule has 1 aromatic heterocycles. The summed E-state index contributed by atoms with van der Waals surface area (Å²) < 4.78 is 1.11. The molecule has 0 bridgehead atoms. The SMILES string of the molecule is Cc1nc(N2CCC3CCCCC32)ccc1Br. The highest BCUT2D eigenvalue weighted by Crippen LogP contribution is 2.38. The molecule has 2 unspecified atom stereocenters. The van der Waals surface area contributed by atoms with E-state index >= 15 is 0 Å². The number of nitrogens with zero attached hydrogens (tertiary/aromatic N) is 2. The van der Waals surface area contributed by atoms with E-state index in [0.717, 1.165) is 22.1 Å². The molecule has 2 aliphatic rings. The van der Waals surface area contributed by atoms with Gasteiger partial charge >= 0.3 is 0 Å². The Morgan fingerprint density at radius 2 is 2.06 bits per heavy atom. The molecule has 0 aromatic carbocycles. The topological polar surface area (TPSA) is 16.1 Å². The van der Waals surface area contributed by atoms with E-state index in [2.05, 4.69) is 39.9 Å². The Labute approximate surface area is 112 Å². The Balaban J connectivity index is 1.86. The van der Waals surface area contributed by atoms with Gasteiger partial charge in [0.2, 0.25) is 0 Å². The van der Waals surface area contributed by atoms with Gasteiger partial charge in [-0.15, -0.1) is 0 Å². The molecule has 2 heterocycles. The Bertz CT molecular complexity index is 419. The van der Waals surface area contributed by atoms with Crippen molar-refractivity contribution < 1.29 is 0 Å². The summed E-state index contributed by atoms with van der Waals surface area (Å²) in [6.07, 6.45) is 6.98. The molecular weight excluding hydrogens is 276 g/mol. The van der Waals surface area contributed by atoms with Crippen LogP contribution in [0.1, 0.15) is 37.8 Å². The van der Waals surface area contributed by atoms with E-state index in [-0.39, 0.29) is 0 Å². The molecule has 3 heteroatoms. The van der Waals surface area contributed by atoms with E-state index < -0.39 is 0 Å². The summed E-state index contributed by atoms with van der Waals surface area (Å²) in [4.78, 5) is 7.27.